The standard InChI is InChI=1S/C14H19Cl2NO2/c15-8-10-17(11-9-16)13(14(18)19)7-6-12-4-2-1-3-5-12/h1-5,13H,6-11H2,(H,18,19). The SMILES string of the molecule is O=C(O)C(CCc1ccccc1)N(CCCl)CCCl. The zero-order valence-corrected chi connectivity index (χ0v) is 12.3. The average molecular weight is 304 g/mol. The molecule has 0 spiro atoms. The van der Waals surface area contributed by atoms with Gasteiger partial charge in [-0.05, 0) is 18.4 Å². The first-order valence-electron chi connectivity index (χ1n) is 6.31. The van der Waals surface area contributed by atoms with Gasteiger partial charge in [0.2, 0.25) is 0 Å². The number of hydrogen-bond acceptors (Lipinski definition) is 2. The molecule has 0 fully saturated rings. The number of carbonyl (C=O) groups is 1. The topological polar surface area (TPSA) is 40.5 Å². The van der Waals surface area contributed by atoms with Gasteiger partial charge in [0.1, 0.15) is 6.04 Å². The van der Waals surface area contributed by atoms with Crippen LogP contribution in [0, 0.1) is 0 Å². The summed E-state index contributed by atoms with van der Waals surface area (Å²) in [5.41, 5.74) is 1.14. The Morgan fingerprint density at radius 3 is 2.21 bits per heavy atom. The second-order valence-corrected chi connectivity index (χ2v) is 5.05. The van der Waals surface area contributed by atoms with E-state index >= 15 is 0 Å². The summed E-state index contributed by atoms with van der Waals surface area (Å²) < 4.78 is 0. The maximum absolute atomic E-state index is 11.4. The Bertz CT molecular complexity index is 367. The van der Waals surface area contributed by atoms with Gasteiger partial charge >= 0.3 is 5.97 Å². The van der Waals surface area contributed by atoms with E-state index in [2.05, 4.69) is 0 Å². The normalized spacial score (nSPS) is 12.6. The highest BCUT2D eigenvalue weighted by Gasteiger charge is 2.24. The molecule has 0 heterocycles. The van der Waals surface area contributed by atoms with Gasteiger partial charge in [-0.1, -0.05) is 30.3 Å². The van der Waals surface area contributed by atoms with Crippen molar-refractivity contribution >= 4 is 29.2 Å². The van der Waals surface area contributed by atoms with Crippen LogP contribution in [0.25, 0.3) is 0 Å². The monoisotopic (exact) mass is 303 g/mol. The van der Waals surface area contributed by atoms with Crippen molar-refractivity contribution in [3.63, 3.8) is 0 Å². The molecule has 1 unspecified atom stereocenters. The van der Waals surface area contributed by atoms with E-state index in [-0.39, 0.29) is 0 Å². The molecule has 0 radical (unpaired) electrons. The highest BCUT2D eigenvalue weighted by molar-refractivity contribution is 6.18. The van der Waals surface area contributed by atoms with Gasteiger partial charge in [-0.15, -0.1) is 23.2 Å². The van der Waals surface area contributed by atoms with Crippen molar-refractivity contribution in [2.45, 2.75) is 18.9 Å². The Hall–Kier alpha value is -0.770. The quantitative estimate of drug-likeness (QED) is 0.713. The molecular weight excluding hydrogens is 285 g/mol. The largest absolute Gasteiger partial charge is 0.480 e. The van der Waals surface area contributed by atoms with Crippen LogP contribution >= 0.6 is 23.2 Å². The highest BCUT2D eigenvalue weighted by atomic mass is 35.5. The van der Waals surface area contributed by atoms with Crippen LogP contribution in [0.15, 0.2) is 30.3 Å². The number of benzene rings is 1. The maximum Gasteiger partial charge on any atom is 0.320 e. The molecule has 0 saturated carbocycles. The van der Waals surface area contributed by atoms with Gasteiger partial charge in [0, 0.05) is 24.8 Å². The van der Waals surface area contributed by atoms with Crippen molar-refractivity contribution in [3.8, 4) is 0 Å². The molecule has 1 aromatic rings. The van der Waals surface area contributed by atoms with Crippen molar-refractivity contribution in [1.82, 2.24) is 4.90 Å². The Balaban J connectivity index is 2.63. The van der Waals surface area contributed by atoms with Crippen molar-refractivity contribution in [1.29, 1.82) is 0 Å². The molecule has 0 aromatic heterocycles. The second kappa shape index (κ2) is 9.18. The molecule has 1 N–H and O–H groups in total. The average Bonchev–Trinajstić information content (AvgIpc) is 2.40. The highest BCUT2D eigenvalue weighted by Crippen LogP contribution is 2.11. The summed E-state index contributed by atoms with van der Waals surface area (Å²) in [5, 5.41) is 9.35. The molecule has 5 heteroatoms. The minimum Gasteiger partial charge on any atom is -0.480 e. The lowest BCUT2D eigenvalue weighted by Gasteiger charge is -2.27. The van der Waals surface area contributed by atoms with Crippen LogP contribution in [0.2, 0.25) is 0 Å². The molecule has 1 rings (SSSR count). The van der Waals surface area contributed by atoms with Crippen LogP contribution in [-0.2, 0) is 11.2 Å². The van der Waals surface area contributed by atoms with Crippen LogP contribution in [0.3, 0.4) is 0 Å². The minimum absolute atomic E-state index is 0.409. The third-order valence-corrected chi connectivity index (χ3v) is 3.36. The van der Waals surface area contributed by atoms with E-state index in [1.165, 1.54) is 0 Å². The van der Waals surface area contributed by atoms with Crippen LogP contribution in [-0.4, -0.2) is 46.9 Å². The Kier molecular flexibility index (Phi) is 7.87. The van der Waals surface area contributed by atoms with Crippen LogP contribution < -0.4 is 0 Å². The minimum atomic E-state index is -0.814. The van der Waals surface area contributed by atoms with Gasteiger partial charge in [0.15, 0.2) is 0 Å². The lowest BCUT2D eigenvalue weighted by molar-refractivity contribution is -0.143. The molecule has 0 amide bonds. The van der Waals surface area contributed by atoms with E-state index in [1.807, 2.05) is 35.2 Å². The Morgan fingerprint density at radius 2 is 1.74 bits per heavy atom. The molecule has 0 saturated heterocycles. The van der Waals surface area contributed by atoms with E-state index in [9.17, 15) is 9.90 Å². The van der Waals surface area contributed by atoms with Gasteiger partial charge < -0.3 is 5.11 Å². The van der Waals surface area contributed by atoms with Gasteiger partial charge in [-0.2, -0.15) is 0 Å². The van der Waals surface area contributed by atoms with Crippen molar-refractivity contribution in [2.75, 3.05) is 24.8 Å². The number of rotatable bonds is 9. The maximum atomic E-state index is 11.4. The Labute approximate surface area is 124 Å². The molecule has 3 nitrogen and oxygen atoms in total. The number of alkyl halides is 2. The molecule has 1 atom stereocenters. The first-order valence-corrected chi connectivity index (χ1v) is 7.38. The van der Waals surface area contributed by atoms with E-state index in [0.717, 1.165) is 12.0 Å². The molecule has 1 aromatic carbocycles. The third kappa shape index (κ3) is 5.81. The number of aliphatic carboxylic acids is 1. The first kappa shape index (κ1) is 16.3. The number of nitrogens with zero attached hydrogens (tertiary/aromatic N) is 1. The van der Waals surface area contributed by atoms with Crippen molar-refractivity contribution in [3.05, 3.63) is 35.9 Å². The first-order chi connectivity index (χ1) is 9.19. The summed E-state index contributed by atoms with van der Waals surface area (Å²) in [6, 6.07) is 9.35. The third-order valence-electron chi connectivity index (χ3n) is 3.02. The van der Waals surface area contributed by atoms with Gasteiger partial charge in [0.25, 0.3) is 0 Å². The van der Waals surface area contributed by atoms with E-state index in [4.69, 9.17) is 23.2 Å². The fourth-order valence-electron chi connectivity index (χ4n) is 2.05. The number of aryl methyl sites for hydroxylation is 1. The van der Waals surface area contributed by atoms with E-state index in [0.29, 0.717) is 31.3 Å². The molecule has 0 aliphatic heterocycles. The lowest BCUT2D eigenvalue weighted by Crippen LogP contribution is -2.43. The molecule has 106 valence electrons. The number of hydrogen-bond donors (Lipinski definition) is 1. The zero-order chi connectivity index (χ0) is 14.1. The summed E-state index contributed by atoms with van der Waals surface area (Å²) in [6.45, 7) is 1.08. The molecule has 0 aliphatic rings. The summed E-state index contributed by atoms with van der Waals surface area (Å²) in [5.74, 6) is 0.00374. The van der Waals surface area contributed by atoms with E-state index < -0.39 is 12.0 Å². The van der Waals surface area contributed by atoms with E-state index in [1.54, 1.807) is 0 Å². The number of halogens is 2. The summed E-state index contributed by atoms with van der Waals surface area (Å²) in [7, 11) is 0. The zero-order valence-electron chi connectivity index (χ0n) is 10.8. The number of carboxylic acid groups (broad SMARTS) is 1. The molecule has 0 aliphatic carbocycles. The lowest BCUT2D eigenvalue weighted by atomic mass is 10.0. The smallest absolute Gasteiger partial charge is 0.320 e. The Morgan fingerprint density at radius 1 is 1.16 bits per heavy atom. The second-order valence-electron chi connectivity index (χ2n) is 4.29. The fraction of sp³-hybridized carbons (Fsp3) is 0.500. The number of carboxylic acids is 1. The van der Waals surface area contributed by atoms with Crippen LogP contribution in [0.1, 0.15) is 12.0 Å². The van der Waals surface area contributed by atoms with Gasteiger partial charge in [-0.25, -0.2) is 0 Å². The molecular formula is C14H19Cl2NO2. The fourth-order valence-corrected chi connectivity index (χ4v) is 2.49. The summed E-state index contributed by atoms with van der Waals surface area (Å²) >= 11 is 11.4. The van der Waals surface area contributed by atoms with Crippen LogP contribution in [0.4, 0.5) is 0 Å². The van der Waals surface area contributed by atoms with Gasteiger partial charge in [0.05, 0.1) is 0 Å². The molecule has 19 heavy (non-hydrogen) atoms. The van der Waals surface area contributed by atoms with Crippen molar-refractivity contribution < 1.29 is 9.90 Å². The predicted molar refractivity (Wildman–Crippen MR) is 79.2 cm³/mol. The van der Waals surface area contributed by atoms with Crippen molar-refractivity contribution in [2.24, 2.45) is 0 Å². The summed E-state index contributed by atoms with van der Waals surface area (Å²) in [6.07, 6.45) is 1.30. The summed E-state index contributed by atoms with van der Waals surface area (Å²) in [4.78, 5) is 13.2. The van der Waals surface area contributed by atoms with Gasteiger partial charge in [-0.3, -0.25) is 9.69 Å². The van der Waals surface area contributed by atoms with Crippen LogP contribution in [0.5, 0.6) is 0 Å². The molecule has 0 bridgehead atoms. The predicted octanol–water partition coefficient (Wildman–Crippen LogP) is 2.85.